The molecule has 2 rings (SSSR count). The molecule has 4 nitrogen and oxygen atoms in total. The first-order valence-corrected chi connectivity index (χ1v) is 8.98. The average Bonchev–Trinajstić information content (AvgIpc) is 2.46. The molecule has 1 aliphatic carbocycles. The van der Waals surface area contributed by atoms with E-state index in [9.17, 15) is 17.9 Å². The van der Waals surface area contributed by atoms with E-state index in [2.05, 4.69) is 0 Å². The van der Waals surface area contributed by atoms with Crippen LogP contribution in [0.15, 0.2) is 18.2 Å². The molecule has 0 spiro atoms. The fraction of sp³-hybridized carbons (Fsp3) is 0.600. The summed E-state index contributed by atoms with van der Waals surface area (Å²) >= 11 is 0. The monoisotopic (exact) mass is 316 g/mol. The molecule has 1 aliphatic rings. The number of hydrogen-bond acceptors (Lipinski definition) is 4. The minimum atomic E-state index is -3.09. The van der Waals surface area contributed by atoms with Crippen molar-refractivity contribution in [2.45, 2.75) is 37.0 Å². The fourth-order valence-corrected chi connectivity index (χ4v) is 4.18. The van der Waals surface area contributed by atoms with Gasteiger partial charge in [0.1, 0.15) is 9.84 Å². The van der Waals surface area contributed by atoms with Crippen LogP contribution in [0.2, 0.25) is 0 Å². The van der Waals surface area contributed by atoms with E-state index >= 15 is 0 Å². The zero-order valence-electron chi connectivity index (χ0n) is 12.3. The van der Waals surface area contributed by atoms with Crippen LogP contribution in [-0.4, -0.2) is 32.1 Å². The molecule has 1 fully saturated rings. The Labute approximate surface area is 124 Å². The number of rotatable bonds is 4. The summed E-state index contributed by atoms with van der Waals surface area (Å²) in [6.45, 7) is 0. The Bertz CT molecular complexity index is 600. The maximum absolute atomic E-state index is 13.4. The van der Waals surface area contributed by atoms with Gasteiger partial charge in [-0.2, -0.15) is 0 Å². The molecule has 0 radical (unpaired) electrons. The topological polar surface area (TPSA) is 63.6 Å². The van der Waals surface area contributed by atoms with E-state index in [1.165, 1.54) is 31.6 Å². The van der Waals surface area contributed by atoms with E-state index in [1.54, 1.807) is 0 Å². The minimum absolute atomic E-state index is 0.0852. The first-order valence-electron chi connectivity index (χ1n) is 7.03. The Morgan fingerprint density at radius 2 is 2.10 bits per heavy atom. The second kappa shape index (κ2) is 6.32. The van der Waals surface area contributed by atoms with Gasteiger partial charge in [0.05, 0.1) is 18.5 Å². The number of aliphatic hydroxyl groups excluding tert-OH is 1. The third-order valence-electron chi connectivity index (χ3n) is 4.24. The molecule has 0 amide bonds. The Morgan fingerprint density at radius 3 is 2.71 bits per heavy atom. The summed E-state index contributed by atoms with van der Waals surface area (Å²) in [5, 5.41) is 10.1. The molecule has 0 aromatic heterocycles. The van der Waals surface area contributed by atoms with Crippen LogP contribution in [0.5, 0.6) is 5.75 Å². The predicted molar refractivity (Wildman–Crippen MR) is 78.5 cm³/mol. The van der Waals surface area contributed by atoms with Crippen molar-refractivity contribution in [2.75, 3.05) is 13.4 Å². The zero-order chi connectivity index (χ0) is 15.6. The van der Waals surface area contributed by atoms with Crippen LogP contribution < -0.4 is 4.74 Å². The van der Waals surface area contributed by atoms with Crippen molar-refractivity contribution in [3.63, 3.8) is 0 Å². The minimum Gasteiger partial charge on any atom is -0.494 e. The van der Waals surface area contributed by atoms with Gasteiger partial charge in [0.25, 0.3) is 0 Å². The fourth-order valence-electron chi connectivity index (χ4n) is 2.99. The standard InChI is InChI=1S/C15H21FO4S/c1-20-14-9-11(6-7-13(14)16)15(17)10-4-3-5-12(8-10)21(2,18)19/h6-7,9-10,12,15,17H,3-5,8H2,1-2H3. The van der Waals surface area contributed by atoms with Crippen molar-refractivity contribution in [3.05, 3.63) is 29.6 Å². The summed E-state index contributed by atoms with van der Waals surface area (Å²) in [6.07, 6.45) is 3.08. The van der Waals surface area contributed by atoms with Gasteiger partial charge in [-0.05, 0) is 42.9 Å². The van der Waals surface area contributed by atoms with Crippen LogP contribution in [0.25, 0.3) is 0 Å². The van der Waals surface area contributed by atoms with Crippen LogP contribution in [-0.2, 0) is 9.84 Å². The largest absolute Gasteiger partial charge is 0.494 e. The summed E-state index contributed by atoms with van der Waals surface area (Å²) in [5.41, 5.74) is 0.562. The maximum atomic E-state index is 13.4. The molecule has 0 saturated heterocycles. The first-order chi connectivity index (χ1) is 9.82. The van der Waals surface area contributed by atoms with E-state index in [0.717, 1.165) is 12.8 Å². The highest BCUT2D eigenvalue weighted by molar-refractivity contribution is 7.91. The summed E-state index contributed by atoms with van der Waals surface area (Å²) in [4.78, 5) is 0. The highest BCUT2D eigenvalue weighted by atomic mass is 32.2. The quantitative estimate of drug-likeness (QED) is 0.927. The lowest BCUT2D eigenvalue weighted by atomic mass is 9.82. The van der Waals surface area contributed by atoms with Gasteiger partial charge in [-0.3, -0.25) is 0 Å². The Kier molecular flexibility index (Phi) is 4.88. The molecular weight excluding hydrogens is 295 g/mol. The lowest BCUT2D eigenvalue weighted by Crippen LogP contribution is -2.30. The molecule has 118 valence electrons. The molecule has 0 aliphatic heterocycles. The van der Waals surface area contributed by atoms with Crippen LogP contribution in [0.1, 0.15) is 37.4 Å². The van der Waals surface area contributed by atoms with Gasteiger partial charge in [-0.25, -0.2) is 12.8 Å². The van der Waals surface area contributed by atoms with Gasteiger partial charge in [-0.15, -0.1) is 0 Å². The van der Waals surface area contributed by atoms with Gasteiger partial charge in [-0.1, -0.05) is 12.5 Å². The smallest absolute Gasteiger partial charge is 0.165 e. The predicted octanol–water partition coefficient (Wildman–Crippen LogP) is 2.47. The molecule has 1 aromatic carbocycles. The summed E-state index contributed by atoms with van der Waals surface area (Å²) in [6, 6.07) is 4.25. The third-order valence-corrected chi connectivity index (χ3v) is 5.87. The molecule has 3 atom stereocenters. The van der Waals surface area contributed by atoms with E-state index < -0.39 is 27.0 Å². The number of hydrogen-bond donors (Lipinski definition) is 1. The average molecular weight is 316 g/mol. The van der Waals surface area contributed by atoms with Crippen LogP contribution in [0, 0.1) is 11.7 Å². The molecule has 1 aromatic rings. The van der Waals surface area contributed by atoms with Crippen molar-refractivity contribution in [2.24, 2.45) is 5.92 Å². The highest BCUT2D eigenvalue weighted by Gasteiger charge is 2.33. The number of ether oxygens (including phenoxy) is 1. The van der Waals surface area contributed by atoms with Gasteiger partial charge < -0.3 is 9.84 Å². The maximum Gasteiger partial charge on any atom is 0.165 e. The van der Waals surface area contributed by atoms with E-state index in [1.807, 2.05) is 0 Å². The van der Waals surface area contributed by atoms with Crippen molar-refractivity contribution < 1.29 is 22.7 Å². The molecule has 1 N–H and O–H groups in total. The number of aliphatic hydroxyl groups is 1. The van der Waals surface area contributed by atoms with Gasteiger partial charge in [0.15, 0.2) is 11.6 Å². The molecule has 0 bridgehead atoms. The summed E-state index contributed by atoms with van der Waals surface area (Å²) in [7, 11) is -1.72. The molecule has 21 heavy (non-hydrogen) atoms. The normalized spacial score (nSPS) is 24.6. The Hall–Kier alpha value is -1.14. The summed E-state index contributed by atoms with van der Waals surface area (Å²) < 4.78 is 41.7. The number of sulfone groups is 1. The third kappa shape index (κ3) is 3.74. The molecule has 1 saturated carbocycles. The van der Waals surface area contributed by atoms with Crippen molar-refractivity contribution in [1.82, 2.24) is 0 Å². The van der Waals surface area contributed by atoms with Crippen molar-refractivity contribution in [1.29, 1.82) is 0 Å². The highest BCUT2D eigenvalue weighted by Crippen LogP contribution is 2.37. The van der Waals surface area contributed by atoms with Gasteiger partial charge in [0, 0.05) is 6.26 Å². The van der Waals surface area contributed by atoms with E-state index in [-0.39, 0.29) is 11.7 Å². The van der Waals surface area contributed by atoms with Crippen LogP contribution >= 0.6 is 0 Å². The van der Waals surface area contributed by atoms with Crippen LogP contribution in [0.4, 0.5) is 4.39 Å². The zero-order valence-corrected chi connectivity index (χ0v) is 13.1. The van der Waals surface area contributed by atoms with Gasteiger partial charge >= 0.3 is 0 Å². The Morgan fingerprint density at radius 1 is 1.38 bits per heavy atom. The first kappa shape index (κ1) is 16.2. The number of methoxy groups -OCH3 is 1. The molecule has 0 heterocycles. The Balaban J connectivity index is 2.17. The second-order valence-corrected chi connectivity index (χ2v) is 8.04. The van der Waals surface area contributed by atoms with Gasteiger partial charge in [0.2, 0.25) is 0 Å². The van der Waals surface area contributed by atoms with Crippen LogP contribution in [0.3, 0.4) is 0 Å². The lowest BCUT2D eigenvalue weighted by molar-refractivity contribution is 0.0854. The SMILES string of the molecule is COc1cc(C(O)C2CCCC(S(C)(=O)=O)C2)ccc1F. The van der Waals surface area contributed by atoms with E-state index in [4.69, 9.17) is 4.74 Å². The van der Waals surface area contributed by atoms with Crippen molar-refractivity contribution >= 4 is 9.84 Å². The lowest BCUT2D eigenvalue weighted by Gasteiger charge is -2.31. The van der Waals surface area contributed by atoms with E-state index in [0.29, 0.717) is 18.4 Å². The number of benzene rings is 1. The second-order valence-electron chi connectivity index (χ2n) is 5.72. The molecule has 6 heteroatoms. The molecular formula is C15H21FO4S. The van der Waals surface area contributed by atoms with Crippen molar-refractivity contribution in [3.8, 4) is 5.75 Å². The molecule has 3 unspecified atom stereocenters. The number of halogens is 1. The summed E-state index contributed by atoms with van der Waals surface area (Å²) in [5.74, 6) is -0.526.